The zero-order chi connectivity index (χ0) is 35.3. The third kappa shape index (κ3) is 9.48. The molecule has 5 aromatic carbocycles. The van der Waals surface area contributed by atoms with Crippen LogP contribution >= 0.6 is 11.8 Å². The topological polar surface area (TPSA) is 123 Å². The molecular weight excluding hydrogens is 651 g/mol. The molecule has 252 valence electrons. The van der Waals surface area contributed by atoms with Crippen molar-refractivity contribution < 1.29 is 28.7 Å². The minimum Gasteiger partial charge on any atom is -0.494 e. The predicted octanol–water partition coefficient (Wildman–Crippen LogP) is 7.75. The molecule has 1 atom stereocenters. The number of benzene rings is 5. The highest BCUT2D eigenvalue weighted by atomic mass is 32.2. The Kier molecular flexibility index (Phi) is 12.2. The summed E-state index contributed by atoms with van der Waals surface area (Å²) in [6.07, 6.45) is 1.59. The van der Waals surface area contributed by atoms with E-state index in [2.05, 4.69) is 16.0 Å². The van der Waals surface area contributed by atoms with Crippen molar-refractivity contribution in [3.8, 4) is 5.75 Å². The van der Waals surface area contributed by atoms with E-state index in [1.807, 2.05) is 43.3 Å². The molecule has 5 aromatic rings. The Morgan fingerprint density at radius 1 is 0.760 bits per heavy atom. The Hall–Kier alpha value is -6.13. The summed E-state index contributed by atoms with van der Waals surface area (Å²) in [6.45, 7) is 2.42. The summed E-state index contributed by atoms with van der Waals surface area (Å²) in [7, 11) is 1.28. The van der Waals surface area contributed by atoms with Crippen molar-refractivity contribution in [3.05, 3.63) is 161 Å². The molecule has 1 unspecified atom stereocenters. The van der Waals surface area contributed by atoms with Gasteiger partial charge in [-0.05, 0) is 78.7 Å². The fourth-order valence-electron chi connectivity index (χ4n) is 4.90. The van der Waals surface area contributed by atoms with Crippen LogP contribution in [0.25, 0.3) is 6.08 Å². The molecule has 0 aliphatic heterocycles. The molecule has 0 aliphatic carbocycles. The van der Waals surface area contributed by atoms with Gasteiger partial charge in [-0.25, -0.2) is 4.79 Å². The smallest absolute Gasteiger partial charge is 0.339 e. The van der Waals surface area contributed by atoms with Gasteiger partial charge in [0.25, 0.3) is 11.8 Å². The number of thioether (sulfide) groups is 1. The second-order valence-corrected chi connectivity index (χ2v) is 12.0. The van der Waals surface area contributed by atoms with Gasteiger partial charge in [0.15, 0.2) is 0 Å². The summed E-state index contributed by atoms with van der Waals surface area (Å²) in [5.41, 5.74) is 2.87. The molecule has 0 saturated carbocycles. The number of ether oxygens (including phenoxy) is 2. The van der Waals surface area contributed by atoms with E-state index in [9.17, 15) is 19.2 Å². The Labute approximate surface area is 294 Å². The summed E-state index contributed by atoms with van der Waals surface area (Å²) in [4.78, 5) is 53.6. The van der Waals surface area contributed by atoms with Gasteiger partial charge in [0.2, 0.25) is 5.91 Å². The van der Waals surface area contributed by atoms with E-state index in [0.29, 0.717) is 39.8 Å². The van der Waals surface area contributed by atoms with Crippen LogP contribution in [0.3, 0.4) is 0 Å². The van der Waals surface area contributed by atoms with Gasteiger partial charge in [-0.1, -0.05) is 78.9 Å². The molecule has 0 heterocycles. The Bertz CT molecular complexity index is 1980. The second kappa shape index (κ2) is 17.3. The van der Waals surface area contributed by atoms with Crippen LogP contribution in [0.5, 0.6) is 5.75 Å². The monoisotopic (exact) mass is 685 g/mol. The van der Waals surface area contributed by atoms with E-state index in [1.165, 1.54) is 18.9 Å². The molecule has 3 N–H and O–H groups in total. The van der Waals surface area contributed by atoms with Crippen LogP contribution < -0.4 is 20.7 Å². The first-order valence-corrected chi connectivity index (χ1v) is 16.6. The fourth-order valence-corrected chi connectivity index (χ4v) is 5.98. The lowest BCUT2D eigenvalue weighted by atomic mass is 10.1. The maximum absolute atomic E-state index is 13.8. The van der Waals surface area contributed by atoms with E-state index in [0.717, 1.165) is 5.56 Å². The van der Waals surface area contributed by atoms with Crippen molar-refractivity contribution in [3.63, 3.8) is 0 Å². The van der Waals surface area contributed by atoms with Crippen molar-refractivity contribution >= 4 is 52.9 Å². The third-order valence-corrected chi connectivity index (χ3v) is 8.56. The van der Waals surface area contributed by atoms with Gasteiger partial charge >= 0.3 is 5.97 Å². The average molecular weight is 686 g/mol. The number of hydrogen-bond donors (Lipinski definition) is 3. The largest absolute Gasteiger partial charge is 0.494 e. The highest BCUT2D eigenvalue weighted by Crippen LogP contribution is 2.37. The van der Waals surface area contributed by atoms with E-state index >= 15 is 0 Å². The van der Waals surface area contributed by atoms with Gasteiger partial charge < -0.3 is 25.4 Å². The normalized spacial score (nSPS) is 11.5. The maximum atomic E-state index is 13.8. The molecule has 0 fully saturated rings. The van der Waals surface area contributed by atoms with Crippen LogP contribution in [-0.2, 0) is 14.3 Å². The molecule has 0 spiro atoms. The minimum absolute atomic E-state index is 0.0341. The van der Waals surface area contributed by atoms with E-state index in [-0.39, 0.29) is 17.2 Å². The number of para-hydroxylation sites is 1. The number of methoxy groups -OCH3 is 1. The number of rotatable bonds is 13. The molecule has 9 nitrogen and oxygen atoms in total. The van der Waals surface area contributed by atoms with Crippen LogP contribution in [0.4, 0.5) is 11.4 Å². The quantitative estimate of drug-likeness (QED) is 0.0658. The van der Waals surface area contributed by atoms with Crippen molar-refractivity contribution in [2.24, 2.45) is 0 Å². The summed E-state index contributed by atoms with van der Waals surface area (Å²) < 4.78 is 10.4. The number of carbonyl (C=O) groups excluding carboxylic acids is 4. The van der Waals surface area contributed by atoms with Crippen LogP contribution in [0, 0.1) is 0 Å². The molecule has 3 amide bonds. The van der Waals surface area contributed by atoms with Crippen LogP contribution in [-0.4, -0.2) is 37.4 Å². The number of esters is 1. The molecule has 0 saturated heterocycles. The Balaban J connectivity index is 1.38. The number of anilines is 2. The lowest BCUT2D eigenvalue weighted by Crippen LogP contribution is -2.30. The Morgan fingerprint density at radius 2 is 1.44 bits per heavy atom. The summed E-state index contributed by atoms with van der Waals surface area (Å²) in [5, 5.41) is 7.81. The van der Waals surface area contributed by atoms with Crippen molar-refractivity contribution in [2.75, 3.05) is 24.4 Å². The van der Waals surface area contributed by atoms with Gasteiger partial charge in [-0.3, -0.25) is 14.4 Å². The molecule has 10 heteroatoms. The summed E-state index contributed by atoms with van der Waals surface area (Å²) in [5.74, 6) is -1.20. The predicted molar refractivity (Wildman–Crippen MR) is 196 cm³/mol. The molecular formula is C40H35N3O6S. The number of amides is 3. The minimum atomic E-state index is -0.715. The molecule has 0 radical (unpaired) electrons. The zero-order valence-electron chi connectivity index (χ0n) is 27.4. The molecule has 5 rings (SSSR count). The molecule has 0 bridgehead atoms. The van der Waals surface area contributed by atoms with Gasteiger partial charge in [-0.15, -0.1) is 11.8 Å². The lowest BCUT2D eigenvalue weighted by molar-refractivity contribution is -0.116. The van der Waals surface area contributed by atoms with Gasteiger partial charge in [0, 0.05) is 16.1 Å². The SMILES string of the molecule is CCOc1ccc(/C=C(/NC(=O)c2ccccc2)C(=O)Nc2cccc(SC(C(=O)Nc3ccccc3C(=O)OC)c3ccccc3)c2)cc1. The zero-order valence-corrected chi connectivity index (χ0v) is 28.2. The van der Waals surface area contributed by atoms with Crippen LogP contribution in [0.15, 0.2) is 144 Å². The standard InChI is InChI=1S/C40H35N3O6S/c1-3-49-31-23-21-27(22-24-31)25-35(43-37(44)29-15-8-5-9-16-29)38(45)41-30-17-12-18-32(26-30)50-36(28-13-6-4-7-14-28)39(46)42-34-20-11-10-19-33(34)40(47)48-2/h4-26,36H,3H2,1-2H3,(H,41,45)(H,42,46)(H,43,44)/b35-25+. The third-order valence-electron chi connectivity index (χ3n) is 7.31. The van der Waals surface area contributed by atoms with E-state index in [4.69, 9.17) is 9.47 Å². The summed E-state index contributed by atoms with van der Waals surface area (Å²) in [6, 6.07) is 38.7. The molecule has 0 aromatic heterocycles. The first-order valence-electron chi connectivity index (χ1n) is 15.8. The highest BCUT2D eigenvalue weighted by molar-refractivity contribution is 8.00. The van der Waals surface area contributed by atoms with E-state index in [1.54, 1.807) is 103 Å². The van der Waals surface area contributed by atoms with Gasteiger partial charge in [0.1, 0.15) is 16.7 Å². The van der Waals surface area contributed by atoms with Gasteiger partial charge in [0.05, 0.1) is 25.0 Å². The average Bonchev–Trinajstić information content (AvgIpc) is 3.15. The molecule has 50 heavy (non-hydrogen) atoms. The van der Waals surface area contributed by atoms with E-state index < -0.39 is 23.0 Å². The van der Waals surface area contributed by atoms with Crippen molar-refractivity contribution in [2.45, 2.75) is 17.1 Å². The first kappa shape index (κ1) is 35.2. The number of carbonyl (C=O) groups is 4. The fraction of sp³-hybridized carbons (Fsp3) is 0.100. The van der Waals surface area contributed by atoms with Crippen molar-refractivity contribution in [1.82, 2.24) is 5.32 Å². The van der Waals surface area contributed by atoms with Gasteiger partial charge in [-0.2, -0.15) is 0 Å². The summed E-state index contributed by atoms with van der Waals surface area (Å²) >= 11 is 1.28. The van der Waals surface area contributed by atoms with Crippen LogP contribution in [0.2, 0.25) is 0 Å². The highest BCUT2D eigenvalue weighted by Gasteiger charge is 2.24. The molecule has 0 aliphatic rings. The number of hydrogen-bond acceptors (Lipinski definition) is 7. The lowest BCUT2D eigenvalue weighted by Gasteiger charge is -2.19. The number of nitrogens with one attached hydrogen (secondary N) is 3. The maximum Gasteiger partial charge on any atom is 0.339 e. The Morgan fingerprint density at radius 3 is 2.14 bits per heavy atom. The first-order chi connectivity index (χ1) is 24.3. The second-order valence-electron chi connectivity index (χ2n) is 10.8. The van der Waals surface area contributed by atoms with Crippen LogP contribution in [0.1, 0.15) is 44.0 Å². The van der Waals surface area contributed by atoms with Crippen molar-refractivity contribution in [1.29, 1.82) is 0 Å².